The van der Waals surface area contributed by atoms with Crippen LogP contribution in [0.15, 0.2) is 22.8 Å². The average Bonchev–Trinajstić information content (AvgIpc) is 3.39. The molecule has 2 heterocycles. The van der Waals surface area contributed by atoms with Crippen molar-refractivity contribution < 1.29 is 28.3 Å². The molecule has 32 heavy (non-hydrogen) atoms. The minimum Gasteiger partial charge on any atom is -0.461 e. The maximum atomic E-state index is 13.6. The van der Waals surface area contributed by atoms with Crippen molar-refractivity contribution in [3.05, 3.63) is 46.7 Å². The van der Waals surface area contributed by atoms with Crippen LogP contribution in [-0.4, -0.2) is 59.5 Å². The highest BCUT2D eigenvalue weighted by atomic mass is 16.5. The highest BCUT2D eigenvalue weighted by Gasteiger charge is 2.33. The van der Waals surface area contributed by atoms with E-state index in [4.69, 9.17) is 13.9 Å². The van der Waals surface area contributed by atoms with Crippen molar-refractivity contribution in [3.63, 3.8) is 0 Å². The maximum Gasteiger partial charge on any atom is 0.355 e. The van der Waals surface area contributed by atoms with Crippen LogP contribution < -0.4 is 0 Å². The Labute approximate surface area is 189 Å². The van der Waals surface area contributed by atoms with Gasteiger partial charge in [-0.2, -0.15) is 0 Å². The van der Waals surface area contributed by atoms with Crippen molar-refractivity contribution in [1.29, 1.82) is 0 Å². The number of carbonyl (C=O) groups excluding carboxylic acids is 3. The minimum absolute atomic E-state index is 0.174. The molecule has 8 nitrogen and oxygen atoms in total. The molecule has 0 saturated carbocycles. The van der Waals surface area contributed by atoms with Gasteiger partial charge in [0.05, 0.1) is 18.9 Å². The van der Waals surface area contributed by atoms with Gasteiger partial charge in [0.2, 0.25) is 0 Å². The van der Waals surface area contributed by atoms with Gasteiger partial charge < -0.3 is 23.4 Å². The summed E-state index contributed by atoms with van der Waals surface area (Å²) in [6, 6.07) is 2.46. The summed E-state index contributed by atoms with van der Waals surface area (Å²) in [5.74, 6) is -0.869. The Bertz CT molecular complexity index is 929. The normalized spacial score (nSPS) is 11.9. The number of carbonyl (C=O) groups is 3. The third-order valence-electron chi connectivity index (χ3n) is 5.53. The molecule has 0 radical (unpaired) electrons. The van der Waals surface area contributed by atoms with Crippen molar-refractivity contribution in [2.24, 2.45) is 0 Å². The molecular formula is C24H34N2O6. The van der Waals surface area contributed by atoms with Gasteiger partial charge in [-0.05, 0) is 65.7 Å². The Hall–Kier alpha value is -2.87. The largest absolute Gasteiger partial charge is 0.461 e. The number of Topliss-reactive ketones (excluding diaryl/α,β-unsaturated/α-hetero) is 1. The zero-order valence-corrected chi connectivity index (χ0v) is 19.9. The van der Waals surface area contributed by atoms with Gasteiger partial charge in [0, 0.05) is 37.6 Å². The zero-order chi connectivity index (χ0) is 23.8. The van der Waals surface area contributed by atoms with Crippen molar-refractivity contribution in [2.45, 2.75) is 60.5 Å². The highest BCUT2D eigenvalue weighted by molar-refractivity contribution is 6.07. The molecule has 0 N–H and O–H groups in total. The number of ketones is 1. The van der Waals surface area contributed by atoms with Gasteiger partial charge in [-0.25, -0.2) is 4.79 Å². The van der Waals surface area contributed by atoms with Crippen molar-refractivity contribution >= 4 is 17.7 Å². The standard InChI is InChI=1S/C24H34N2O6/c1-7-25-17(5)20(16(4)21(25)24(29)31-9-3)22(27)18(6)26(13-11-14-30-8-2)23(28)19-12-10-15-32-19/h10,12,15,18H,7-9,11,13-14H2,1-6H3. The molecule has 0 aliphatic rings. The van der Waals surface area contributed by atoms with E-state index in [2.05, 4.69) is 0 Å². The molecule has 1 atom stereocenters. The molecule has 0 aromatic carbocycles. The topological polar surface area (TPSA) is 91.0 Å². The molecule has 0 aliphatic carbocycles. The smallest absolute Gasteiger partial charge is 0.355 e. The molecule has 0 aliphatic heterocycles. The van der Waals surface area contributed by atoms with Crippen LogP contribution in [0.5, 0.6) is 0 Å². The molecule has 2 aromatic rings. The summed E-state index contributed by atoms with van der Waals surface area (Å²) in [4.78, 5) is 40.8. The SMILES string of the molecule is CCOCCCN(C(=O)c1ccco1)C(C)C(=O)c1c(C)c(C(=O)OCC)n(CC)c1C. The number of hydrogen-bond donors (Lipinski definition) is 0. The van der Waals surface area contributed by atoms with E-state index in [1.54, 1.807) is 37.5 Å². The Balaban J connectivity index is 2.41. The number of furan rings is 1. The number of aromatic nitrogens is 1. The summed E-state index contributed by atoms with van der Waals surface area (Å²) < 4.78 is 17.7. The van der Waals surface area contributed by atoms with Crippen LogP contribution in [0.4, 0.5) is 0 Å². The number of ether oxygens (including phenoxy) is 2. The first kappa shape index (κ1) is 25.4. The third kappa shape index (κ3) is 5.30. The van der Waals surface area contributed by atoms with Gasteiger partial charge in [-0.15, -0.1) is 0 Å². The molecule has 1 unspecified atom stereocenters. The summed E-state index contributed by atoms with van der Waals surface area (Å²) in [5, 5.41) is 0. The lowest BCUT2D eigenvalue weighted by Crippen LogP contribution is -2.44. The number of esters is 1. The second-order valence-electron chi connectivity index (χ2n) is 7.47. The van der Waals surface area contributed by atoms with Crippen LogP contribution in [0, 0.1) is 13.8 Å². The Morgan fingerprint density at radius 3 is 2.44 bits per heavy atom. The lowest BCUT2D eigenvalue weighted by atomic mass is 9.99. The van der Waals surface area contributed by atoms with Crippen molar-refractivity contribution in [2.75, 3.05) is 26.4 Å². The molecule has 0 fully saturated rings. The minimum atomic E-state index is -0.755. The summed E-state index contributed by atoms with van der Waals surface area (Å²) in [5.41, 5.74) is 2.08. The summed E-state index contributed by atoms with van der Waals surface area (Å²) >= 11 is 0. The quantitative estimate of drug-likeness (QED) is 0.278. The predicted octanol–water partition coefficient (Wildman–Crippen LogP) is 4.03. The monoisotopic (exact) mass is 446 g/mol. The number of hydrogen-bond acceptors (Lipinski definition) is 6. The van der Waals surface area contributed by atoms with E-state index in [1.165, 1.54) is 11.2 Å². The van der Waals surface area contributed by atoms with Gasteiger partial charge in [-0.1, -0.05) is 0 Å². The molecule has 8 heteroatoms. The van der Waals surface area contributed by atoms with E-state index < -0.39 is 12.0 Å². The van der Waals surface area contributed by atoms with Crippen LogP contribution in [0.2, 0.25) is 0 Å². The molecule has 0 spiro atoms. The third-order valence-corrected chi connectivity index (χ3v) is 5.53. The predicted molar refractivity (Wildman–Crippen MR) is 120 cm³/mol. The highest BCUT2D eigenvalue weighted by Crippen LogP contribution is 2.26. The van der Waals surface area contributed by atoms with Gasteiger partial charge in [0.25, 0.3) is 5.91 Å². The van der Waals surface area contributed by atoms with Gasteiger partial charge >= 0.3 is 5.97 Å². The summed E-state index contributed by atoms with van der Waals surface area (Å²) in [7, 11) is 0. The molecular weight excluding hydrogens is 412 g/mol. The van der Waals surface area contributed by atoms with E-state index in [9.17, 15) is 14.4 Å². The van der Waals surface area contributed by atoms with E-state index in [-0.39, 0.29) is 24.1 Å². The summed E-state index contributed by atoms with van der Waals surface area (Å²) in [6.07, 6.45) is 2.01. The Morgan fingerprint density at radius 2 is 1.88 bits per heavy atom. The fraction of sp³-hybridized carbons (Fsp3) is 0.542. The fourth-order valence-corrected chi connectivity index (χ4v) is 3.96. The van der Waals surface area contributed by atoms with E-state index in [0.717, 1.165) is 0 Å². The Kier molecular flexibility index (Phi) is 9.26. The Morgan fingerprint density at radius 1 is 1.16 bits per heavy atom. The lowest BCUT2D eigenvalue weighted by molar-refractivity contribution is 0.0512. The second-order valence-corrected chi connectivity index (χ2v) is 7.47. The van der Waals surface area contributed by atoms with Gasteiger partial charge in [-0.3, -0.25) is 9.59 Å². The van der Waals surface area contributed by atoms with Crippen LogP contribution in [0.25, 0.3) is 0 Å². The van der Waals surface area contributed by atoms with Crippen molar-refractivity contribution in [1.82, 2.24) is 9.47 Å². The zero-order valence-electron chi connectivity index (χ0n) is 19.9. The maximum absolute atomic E-state index is 13.6. The van der Waals surface area contributed by atoms with Crippen LogP contribution in [0.3, 0.4) is 0 Å². The first-order chi connectivity index (χ1) is 15.3. The lowest BCUT2D eigenvalue weighted by Gasteiger charge is -2.28. The first-order valence-electron chi connectivity index (χ1n) is 11.1. The number of amides is 1. The van der Waals surface area contributed by atoms with Gasteiger partial charge in [0.15, 0.2) is 11.5 Å². The number of nitrogens with zero attached hydrogens (tertiary/aromatic N) is 2. The first-order valence-corrected chi connectivity index (χ1v) is 11.1. The second kappa shape index (κ2) is 11.7. The molecule has 0 saturated heterocycles. The van der Waals surface area contributed by atoms with Crippen LogP contribution >= 0.6 is 0 Å². The molecule has 1 amide bonds. The van der Waals surface area contributed by atoms with E-state index in [0.29, 0.717) is 55.2 Å². The van der Waals surface area contributed by atoms with E-state index >= 15 is 0 Å². The number of rotatable bonds is 12. The van der Waals surface area contributed by atoms with Gasteiger partial charge in [0.1, 0.15) is 5.69 Å². The van der Waals surface area contributed by atoms with Crippen molar-refractivity contribution in [3.8, 4) is 0 Å². The molecule has 0 bridgehead atoms. The molecule has 176 valence electrons. The van der Waals surface area contributed by atoms with E-state index in [1.807, 2.05) is 20.8 Å². The molecule has 2 aromatic heterocycles. The fourth-order valence-electron chi connectivity index (χ4n) is 3.96. The molecule has 2 rings (SSSR count). The van der Waals surface area contributed by atoms with Crippen LogP contribution in [-0.2, 0) is 16.0 Å². The van der Waals surface area contributed by atoms with Crippen LogP contribution in [0.1, 0.15) is 76.8 Å². The summed E-state index contributed by atoms with van der Waals surface area (Å²) in [6.45, 7) is 13.0. The average molecular weight is 447 g/mol.